The molecule has 1 heterocycles. The topological polar surface area (TPSA) is 47.9 Å². The van der Waals surface area contributed by atoms with E-state index in [0.29, 0.717) is 28.0 Å². The minimum atomic E-state index is -0.0516. The molecule has 0 radical (unpaired) electrons. The molecule has 0 fully saturated rings. The third kappa shape index (κ3) is 2.45. The second-order valence-electron chi connectivity index (χ2n) is 4.04. The van der Waals surface area contributed by atoms with Crippen molar-refractivity contribution < 1.29 is 19.3 Å². The number of rotatable bonds is 3. The highest BCUT2D eigenvalue weighted by molar-refractivity contribution is 6.32. The highest BCUT2D eigenvalue weighted by Crippen LogP contribution is 2.38. The van der Waals surface area contributed by atoms with Gasteiger partial charge in [-0.05, 0) is 29.8 Å². The highest BCUT2D eigenvalue weighted by atomic mass is 35.5. The van der Waals surface area contributed by atoms with E-state index in [1.165, 1.54) is 0 Å². The lowest BCUT2D eigenvalue weighted by atomic mass is 10.2. The molecular weight excluding hydrogens is 268 g/mol. The third-order valence-electron chi connectivity index (χ3n) is 2.75. The van der Waals surface area contributed by atoms with Crippen LogP contribution in [0.15, 0.2) is 36.4 Å². The maximum Gasteiger partial charge on any atom is 0.231 e. The number of aliphatic hydroxyl groups is 1. The second-order valence-corrected chi connectivity index (χ2v) is 4.45. The molecule has 0 saturated heterocycles. The van der Waals surface area contributed by atoms with Crippen molar-refractivity contribution >= 4 is 11.6 Å². The molecule has 0 spiro atoms. The average Bonchev–Trinajstić information content (AvgIpc) is 2.88. The van der Waals surface area contributed by atoms with Crippen molar-refractivity contribution in [2.75, 3.05) is 6.79 Å². The van der Waals surface area contributed by atoms with Crippen LogP contribution < -0.4 is 14.2 Å². The van der Waals surface area contributed by atoms with E-state index in [2.05, 4.69) is 0 Å². The van der Waals surface area contributed by atoms with Gasteiger partial charge in [-0.25, -0.2) is 0 Å². The van der Waals surface area contributed by atoms with E-state index >= 15 is 0 Å². The van der Waals surface area contributed by atoms with Crippen LogP contribution >= 0.6 is 11.6 Å². The molecule has 0 atom stereocenters. The number of ether oxygens (including phenoxy) is 3. The van der Waals surface area contributed by atoms with E-state index in [1.54, 1.807) is 36.4 Å². The highest BCUT2D eigenvalue weighted by Gasteiger charge is 2.14. The molecule has 1 aliphatic rings. The number of aliphatic hydroxyl groups excluding tert-OH is 1. The van der Waals surface area contributed by atoms with Crippen LogP contribution in [0.1, 0.15) is 5.56 Å². The third-order valence-corrected chi connectivity index (χ3v) is 3.05. The van der Waals surface area contributed by atoms with Crippen LogP contribution in [0, 0.1) is 0 Å². The molecule has 0 aromatic heterocycles. The van der Waals surface area contributed by atoms with Crippen molar-refractivity contribution in [1.82, 2.24) is 0 Å². The number of halogens is 1. The molecule has 0 unspecified atom stereocenters. The van der Waals surface area contributed by atoms with Gasteiger partial charge in [-0.3, -0.25) is 0 Å². The predicted octanol–water partition coefficient (Wildman–Crippen LogP) is 3.35. The van der Waals surface area contributed by atoms with E-state index in [1.807, 2.05) is 0 Å². The summed E-state index contributed by atoms with van der Waals surface area (Å²) >= 11 is 6.08. The van der Waals surface area contributed by atoms with E-state index in [-0.39, 0.29) is 13.4 Å². The molecule has 2 aromatic carbocycles. The molecule has 2 aromatic rings. The van der Waals surface area contributed by atoms with Gasteiger partial charge >= 0.3 is 0 Å². The minimum absolute atomic E-state index is 0.0516. The Kier molecular flexibility index (Phi) is 3.19. The SMILES string of the molecule is OCc1ccc(Oc2ccc3c(c2)OCO3)c(Cl)c1. The molecule has 0 saturated carbocycles. The molecule has 98 valence electrons. The maximum absolute atomic E-state index is 9.02. The normalized spacial score (nSPS) is 12.5. The lowest BCUT2D eigenvalue weighted by Gasteiger charge is -2.09. The maximum atomic E-state index is 9.02. The van der Waals surface area contributed by atoms with Crippen molar-refractivity contribution in [2.24, 2.45) is 0 Å². The fourth-order valence-corrected chi connectivity index (χ4v) is 2.03. The van der Waals surface area contributed by atoms with Gasteiger partial charge in [0, 0.05) is 6.07 Å². The van der Waals surface area contributed by atoms with Crippen molar-refractivity contribution in [3.63, 3.8) is 0 Å². The quantitative estimate of drug-likeness (QED) is 0.935. The van der Waals surface area contributed by atoms with Gasteiger partial charge in [-0.2, -0.15) is 0 Å². The molecule has 0 bridgehead atoms. The summed E-state index contributed by atoms with van der Waals surface area (Å²) in [5.74, 6) is 2.50. The van der Waals surface area contributed by atoms with Gasteiger partial charge in [-0.1, -0.05) is 17.7 Å². The van der Waals surface area contributed by atoms with Gasteiger partial charge in [0.2, 0.25) is 6.79 Å². The standard InChI is InChI=1S/C14H11ClO4/c15-11-5-9(7-16)1-3-12(11)19-10-2-4-13-14(6-10)18-8-17-13/h1-6,16H,7-8H2. The second kappa shape index (κ2) is 4.99. The Hall–Kier alpha value is -1.91. The summed E-state index contributed by atoms with van der Waals surface area (Å²) in [6, 6.07) is 10.5. The summed E-state index contributed by atoms with van der Waals surface area (Å²) in [5, 5.41) is 9.47. The molecule has 4 nitrogen and oxygen atoms in total. The smallest absolute Gasteiger partial charge is 0.231 e. The Balaban J connectivity index is 1.85. The lowest BCUT2D eigenvalue weighted by Crippen LogP contribution is -1.92. The van der Waals surface area contributed by atoms with Crippen LogP contribution in [0.25, 0.3) is 0 Å². The summed E-state index contributed by atoms with van der Waals surface area (Å²) in [6.45, 7) is 0.175. The first-order valence-corrected chi connectivity index (χ1v) is 6.11. The molecule has 19 heavy (non-hydrogen) atoms. The fraction of sp³-hybridized carbons (Fsp3) is 0.143. The van der Waals surface area contributed by atoms with Gasteiger partial charge in [0.1, 0.15) is 11.5 Å². The van der Waals surface area contributed by atoms with Gasteiger partial charge in [-0.15, -0.1) is 0 Å². The predicted molar refractivity (Wildman–Crippen MR) is 70.0 cm³/mol. The molecule has 3 rings (SSSR count). The van der Waals surface area contributed by atoms with Crippen molar-refractivity contribution in [2.45, 2.75) is 6.61 Å². The zero-order valence-corrected chi connectivity index (χ0v) is 10.7. The molecule has 0 aliphatic carbocycles. The number of fused-ring (bicyclic) bond motifs is 1. The molecule has 1 aliphatic heterocycles. The largest absolute Gasteiger partial charge is 0.456 e. The van der Waals surface area contributed by atoms with Gasteiger partial charge in [0.15, 0.2) is 11.5 Å². The number of hydrogen-bond acceptors (Lipinski definition) is 4. The van der Waals surface area contributed by atoms with Crippen LogP contribution in [-0.4, -0.2) is 11.9 Å². The van der Waals surface area contributed by atoms with Crippen molar-refractivity contribution in [3.8, 4) is 23.0 Å². The first-order chi connectivity index (χ1) is 9.26. The zero-order chi connectivity index (χ0) is 13.2. The Bertz CT molecular complexity index is 612. The molecular formula is C14H11ClO4. The van der Waals surface area contributed by atoms with Crippen LogP contribution in [0.3, 0.4) is 0 Å². The fourth-order valence-electron chi connectivity index (χ4n) is 1.79. The Morgan fingerprint density at radius 1 is 1.11 bits per heavy atom. The summed E-state index contributed by atoms with van der Waals surface area (Å²) in [6.07, 6.45) is 0. The summed E-state index contributed by atoms with van der Waals surface area (Å²) in [4.78, 5) is 0. The van der Waals surface area contributed by atoms with E-state index in [0.717, 1.165) is 5.56 Å². The van der Waals surface area contributed by atoms with Crippen LogP contribution in [0.5, 0.6) is 23.0 Å². The lowest BCUT2D eigenvalue weighted by molar-refractivity contribution is 0.174. The van der Waals surface area contributed by atoms with Crippen molar-refractivity contribution in [1.29, 1.82) is 0 Å². The minimum Gasteiger partial charge on any atom is -0.456 e. The Morgan fingerprint density at radius 3 is 2.74 bits per heavy atom. The van der Waals surface area contributed by atoms with E-state index in [4.69, 9.17) is 30.9 Å². The van der Waals surface area contributed by atoms with Crippen molar-refractivity contribution in [3.05, 3.63) is 47.0 Å². The van der Waals surface area contributed by atoms with Crippen LogP contribution in [0.4, 0.5) is 0 Å². The molecule has 1 N–H and O–H groups in total. The first kappa shape index (κ1) is 12.1. The monoisotopic (exact) mass is 278 g/mol. The van der Waals surface area contributed by atoms with E-state index < -0.39 is 0 Å². The van der Waals surface area contributed by atoms with E-state index in [9.17, 15) is 0 Å². The van der Waals surface area contributed by atoms with Crippen LogP contribution in [-0.2, 0) is 6.61 Å². The average molecular weight is 279 g/mol. The summed E-state index contributed by atoms with van der Waals surface area (Å²) < 4.78 is 16.2. The Morgan fingerprint density at radius 2 is 1.95 bits per heavy atom. The van der Waals surface area contributed by atoms with Gasteiger partial charge < -0.3 is 19.3 Å². The molecule has 5 heteroatoms. The summed E-state index contributed by atoms with van der Waals surface area (Å²) in [5.41, 5.74) is 0.739. The first-order valence-electron chi connectivity index (χ1n) is 5.73. The van der Waals surface area contributed by atoms with Gasteiger partial charge in [0.25, 0.3) is 0 Å². The zero-order valence-electron chi connectivity index (χ0n) is 9.93. The summed E-state index contributed by atoms with van der Waals surface area (Å²) in [7, 11) is 0. The Labute approximate surface area is 115 Å². The number of hydrogen-bond donors (Lipinski definition) is 1. The van der Waals surface area contributed by atoms with Crippen LogP contribution in [0.2, 0.25) is 5.02 Å². The molecule has 0 amide bonds. The van der Waals surface area contributed by atoms with Gasteiger partial charge in [0.05, 0.1) is 11.6 Å². The number of benzene rings is 2.